The van der Waals surface area contributed by atoms with Gasteiger partial charge in [-0.2, -0.15) is 0 Å². The predicted octanol–water partition coefficient (Wildman–Crippen LogP) is 2.74. The minimum Gasteiger partial charge on any atom is -0.314 e. The summed E-state index contributed by atoms with van der Waals surface area (Å²) in [6, 6.07) is 0. The summed E-state index contributed by atoms with van der Waals surface area (Å²) in [7, 11) is 2.40. The average Bonchev–Trinajstić information content (AvgIpc) is 2.39. The van der Waals surface area contributed by atoms with Crippen molar-refractivity contribution in [2.45, 2.75) is 51.0 Å². The average molecular weight is 262 g/mol. The van der Waals surface area contributed by atoms with Crippen molar-refractivity contribution in [2.24, 2.45) is 29.6 Å². The van der Waals surface area contributed by atoms with E-state index in [0.29, 0.717) is 5.54 Å². The summed E-state index contributed by atoms with van der Waals surface area (Å²) in [6.07, 6.45) is 9.16. The summed E-state index contributed by atoms with van der Waals surface area (Å²) in [5.41, 5.74) is 0.473. The molecule has 108 valence electrons. The normalized spacial score (nSPS) is 53.7. The molecule has 4 bridgehead atoms. The molecule has 1 heterocycles. The number of piperazine rings is 1. The largest absolute Gasteiger partial charge is 0.314 e. The fraction of sp³-hybridized carbons (Fsp3) is 1.00. The molecule has 1 unspecified atom stereocenters. The van der Waals surface area contributed by atoms with Crippen LogP contribution in [0.2, 0.25) is 0 Å². The second-order valence-corrected chi connectivity index (χ2v) is 8.01. The van der Waals surface area contributed by atoms with E-state index in [9.17, 15) is 0 Å². The SMILES string of the molecule is CCC1(C2C3CC4CC(C3)CC2C4)CNCCN1C. The quantitative estimate of drug-likeness (QED) is 0.823. The van der Waals surface area contributed by atoms with Gasteiger partial charge in [0.2, 0.25) is 0 Å². The summed E-state index contributed by atoms with van der Waals surface area (Å²) >= 11 is 0. The smallest absolute Gasteiger partial charge is 0.0362 e. The van der Waals surface area contributed by atoms with Gasteiger partial charge in [0, 0.05) is 25.2 Å². The van der Waals surface area contributed by atoms with E-state index in [0.717, 1.165) is 29.6 Å². The monoisotopic (exact) mass is 262 g/mol. The van der Waals surface area contributed by atoms with E-state index in [1.54, 1.807) is 32.1 Å². The van der Waals surface area contributed by atoms with Crippen molar-refractivity contribution in [3.05, 3.63) is 0 Å². The molecule has 1 N–H and O–H groups in total. The molecule has 4 saturated carbocycles. The first-order valence-corrected chi connectivity index (χ1v) is 8.65. The van der Waals surface area contributed by atoms with E-state index in [-0.39, 0.29) is 0 Å². The molecule has 5 fully saturated rings. The van der Waals surface area contributed by atoms with Crippen LogP contribution >= 0.6 is 0 Å². The third kappa shape index (κ3) is 1.75. The Morgan fingerprint density at radius 2 is 1.68 bits per heavy atom. The highest BCUT2D eigenvalue weighted by atomic mass is 15.2. The lowest BCUT2D eigenvalue weighted by Crippen LogP contribution is -2.68. The molecule has 0 spiro atoms. The number of rotatable bonds is 2. The molecule has 0 amide bonds. The van der Waals surface area contributed by atoms with Crippen LogP contribution in [0, 0.1) is 29.6 Å². The molecule has 2 heteroatoms. The van der Waals surface area contributed by atoms with Gasteiger partial charge in [0.25, 0.3) is 0 Å². The zero-order valence-corrected chi connectivity index (χ0v) is 12.7. The number of hydrogen-bond acceptors (Lipinski definition) is 2. The second kappa shape index (κ2) is 4.46. The molecule has 0 aromatic heterocycles. The highest BCUT2D eigenvalue weighted by Gasteiger charge is 2.56. The number of nitrogens with one attached hydrogen (secondary N) is 1. The molecule has 0 radical (unpaired) electrons. The van der Waals surface area contributed by atoms with Crippen LogP contribution in [0.25, 0.3) is 0 Å². The summed E-state index contributed by atoms with van der Waals surface area (Å²) in [4.78, 5) is 2.73. The van der Waals surface area contributed by atoms with Gasteiger partial charge in [-0.05, 0) is 75.2 Å². The highest BCUT2D eigenvalue weighted by Crippen LogP contribution is 2.60. The van der Waals surface area contributed by atoms with E-state index >= 15 is 0 Å². The molecule has 2 nitrogen and oxygen atoms in total. The topological polar surface area (TPSA) is 15.3 Å². The Labute approximate surface area is 118 Å². The number of nitrogens with zero attached hydrogens (tertiary/aromatic N) is 1. The number of hydrogen-bond donors (Lipinski definition) is 1. The summed E-state index contributed by atoms with van der Waals surface area (Å²) in [5, 5.41) is 3.72. The molecule has 19 heavy (non-hydrogen) atoms. The minimum atomic E-state index is 0.473. The Morgan fingerprint density at radius 1 is 1.05 bits per heavy atom. The summed E-state index contributed by atoms with van der Waals surface area (Å²) in [6.45, 7) is 6.11. The molecular formula is C17H30N2. The molecule has 0 aromatic rings. The molecule has 5 rings (SSSR count). The lowest BCUT2D eigenvalue weighted by molar-refractivity contribution is -0.117. The molecule has 0 aromatic carbocycles. The second-order valence-electron chi connectivity index (χ2n) is 8.01. The van der Waals surface area contributed by atoms with Crippen LogP contribution in [0.1, 0.15) is 45.4 Å². The van der Waals surface area contributed by atoms with Gasteiger partial charge in [-0.15, -0.1) is 0 Å². The van der Waals surface area contributed by atoms with Crippen molar-refractivity contribution < 1.29 is 0 Å². The maximum Gasteiger partial charge on any atom is 0.0362 e. The van der Waals surface area contributed by atoms with E-state index < -0.39 is 0 Å². The lowest BCUT2D eigenvalue weighted by Gasteiger charge is -2.63. The van der Waals surface area contributed by atoms with Crippen LogP contribution in [0.4, 0.5) is 0 Å². The first-order valence-electron chi connectivity index (χ1n) is 8.65. The Balaban J connectivity index is 1.66. The van der Waals surface area contributed by atoms with Gasteiger partial charge in [0.05, 0.1) is 0 Å². The van der Waals surface area contributed by atoms with Crippen LogP contribution in [0.3, 0.4) is 0 Å². The molecular weight excluding hydrogens is 232 g/mol. The zero-order valence-electron chi connectivity index (χ0n) is 12.7. The first-order chi connectivity index (χ1) is 9.23. The van der Waals surface area contributed by atoms with Gasteiger partial charge >= 0.3 is 0 Å². The zero-order chi connectivity index (χ0) is 13.0. The molecule has 1 aliphatic heterocycles. The van der Waals surface area contributed by atoms with E-state index in [2.05, 4.69) is 24.2 Å². The maximum atomic E-state index is 3.72. The molecule has 5 aliphatic rings. The van der Waals surface area contributed by atoms with Gasteiger partial charge in [-0.3, -0.25) is 4.90 Å². The van der Waals surface area contributed by atoms with Crippen molar-refractivity contribution in [1.29, 1.82) is 0 Å². The van der Waals surface area contributed by atoms with Crippen molar-refractivity contribution in [1.82, 2.24) is 10.2 Å². The fourth-order valence-electron chi connectivity index (χ4n) is 6.71. The summed E-state index contributed by atoms with van der Waals surface area (Å²) < 4.78 is 0. The third-order valence-corrected chi connectivity index (χ3v) is 7.27. The van der Waals surface area contributed by atoms with Gasteiger partial charge in [0.15, 0.2) is 0 Å². The van der Waals surface area contributed by atoms with Gasteiger partial charge in [0.1, 0.15) is 0 Å². The highest BCUT2D eigenvalue weighted by molar-refractivity contribution is 5.09. The Morgan fingerprint density at radius 3 is 2.21 bits per heavy atom. The first kappa shape index (κ1) is 12.6. The molecule has 1 atom stereocenters. The third-order valence-electron chi connectivity index (χ3n) is 7.27. The van der Waals surface area contributed by atoms with Crippen molar-refractivity contribution in [3.8, 4) is 0 Å². The van der Waals surface area contributed by atoms with Gasteiger partial charge < -0.3 is 5.32 Å². The summed E-state index contributed by atoms with van der Waals surface area (Å²) in [5.74, 6) is 5.31. The fourth-order valence-corrected chi connectivity index (χ4v) is 6.71. The Hall–Kier alpha value is -0.0800. The number of likely N-dealkylation sites (N-methyl/N-ethyl adjacent to an activating group) is 1. The van der Waals surface area contributed by atoms with E-state index in [4.69, 9.17) is 0 Å². The predicted molar refractivity (Wildman–Crippen MR) is 79.1 cm³/mol. The molecule has 1 saturated heterocycles. The Kier molecular flexibility index (Phi) is 2.97. The van der Waals surface area contributed by atoms with Gasteiger partial charge in [-0.1, -0.05) is 6.92 Å². The van der Waals surface area contributed by atoms with Gasteiger partial charge in [-0.25, -0.2) is 0 Å². The van der Waals surface area contributed by atoms with Crippen molar-refractivity contribution in [3.63, 3.8) is 0 Å². The Bertz CT molecular complexity index is 325. The van der Waals surface area contributed by atoms with Crippen molar-refractivity contribution in [2.75, 3.05) is 26.7 Å². The van der Waals surface area contributed by atoms with Crippen LogP contribution in [-0.2, 0) is 0 Å². The van der Waals surface area contributed by atoms with Crippen molar-refractivity contribution >= 4 is 0 Å². The van der Waals surface area contributed by atoms with Crippen LogP contribution in [0.15, 0.2) is 0 Å². The van der Waals surface area contributed by atoms with Crippen LogP contribution < -0.4 is 5.32 Å². The van der Waals surface area contributed by atoms with Crippen LogP contribution in [0.5, 0.6) is 0 Å². The minimum absolute atomic E-state index is 0.473. The van der Waals surface area contributed by atoms with E-state index in [1.165, 1.54) is 26.1 Å². The maximum absolute atomic E-state index is 3.72. The molecule has 4 aliphatic carbocycles. The van der Waals surface area contributed by atoms with Crippen LogP contribution in [-0.4, -0.2) is 37.1 Å². The van der Waals surface area contributed by atoms with E-state index in [1.807, 2.05) is 0 Å². The lowest BCUT2D eigenvalue weighted by atomic mass is 9.47. The standard InChI is InChI=1S/C17H30N2/c1-3-17(11-18-4-5-19(17)2)16-14-7-12-6-13(9-14)10-15(16)8-12/h12-16,18H,3-11H2,1-2H3.